The standard InChI is InChI=1S/C13H16ClN3O2S/c14-11-3-1-10(2-4-11)9-20(18,19)15-12-5-7-13(8-6-12)16-17-13/h1-4,12,15H,5-9H2. The molecule has 0 atom stereocenters. The van der Waals surface area contributed by atoms with Gasteiger partial charge in [-0.1, -0.05) is 23.7 Å². The van der Waals surface area contributed by atoms with Crippen molar-refractivity contribution in [3.8, 4) is 0 Å². The first-order valence-electron chi connectivity index (χ1n) is 6.65. The van der Waals surface area contributed by atoms with Crippen molar-refractivity contribution in [1.82, 2.24) is 4.72 Å². The Bertz CT molecular complexity index is 612. The van der Waals surface area contributed by atoms with Crippen molar-refractivity contribution < 1.29 is 8.42 Å². The molecular formula is C13H16ClN3O2S. The number of nitrogens with zero attached hydrogens (tertiary/aromatic N) is 2. The van der Waals surface area contributed by atoms with Crippen molar-refractivity contribution in [1.29, 1.82) is 0 Å². The molecule has 1 aliphatic carbocycles. The van der Waals surface area contributed by atoms with Gasteiger partial charge < -0.3 is 0 Å². The number of hydrogen-bond donors (Lipinski definition) is 1. The predicted octanol–water partition coefficient (Wildman–Crippen LogP) is 2.86. The Morgan fingerprint density at radius 3 is 2.35 bits per heavy atom. The lowest BCUT2D eigenvalue weighted by atomic mass is 9.89. The van der Waals surface area contributed by atoms with Gasteiger partial charge in [0.25, 0.3) is 0 Å². The van der Waals surface area contributed by atoms with E-state index >= 15 is 0 Å². The van der Waals surface area contributed by atoms with Gasteiger partial charge >= 0.3 is 0 Å². The summed E-state index contributed by atoms with van der Waals surface area (Å²) in [4.78, 5) is 0. The lowest BCUT2D eigenvalue weighted by Gasteiger charge is -2.25. The number of hydrogen-bond acceptors (Lipinski definition) is 4. The topological polar surface area (TPSA) is 70.9 Å². The maximum atomic E-state index is 12.1. The van der Waals surface area contributed by atoms with E-state index in [-0.39, 0.29) is 17.5 Å². The molecule has 1 saturated carbocycles. The van der Waals surface area contributed by atoms with Gasteiger partial charge in [-0.15, -0.1) is 0 Å². The van der Waals surface area contributed by atoms with Crippen LogP contribution in [-0.4, -0.2) is 20.1 Å². The molecule has 1 heterocycles. The largest absolute Gasteiger partial charge is 0.216 e. The fourth-order valence-electron chi connectivity index (χ4n) is 2.56. The minimum Gasteiger partial charge on any atom is -0.212 e. The molecule has 0 bridgehead atoms. The summed E-state index contributed by atoms with van der Waals surface area (Å²) in [5.41, 5.74) is 0.583. The molecule has 0 amide bonds. The van der Waals surface area contributed by atoms with Crippen LogP contribution < -0.4 is 4.72 Å². The van der Waals surface area contributed by atoms with Gasteiger partial charge in [0, 0.05) is 11.1 Å². The fourth-order valence-corrected chi connectivity index (χ4v) is 4.15. The van der Waals surface area contributed by atoms with Gasteiger partial charge in [0.05, 0.1) is 5.75 Å². The molecule has 0 saturated heterocycles. The second kappa shape index (κ2) is 5.09. The highest BCUT2D eigenvalue weighted by atomic mass is 35.5. The first-order chi connectivity index (χ1) is 9.46. The highest BCUT2D eigenvalue weighted by molar-refractivity contribution is 7.88. The van der Waals surface area contributed by atoms with Crippen LogP contribution in [0.5, 0.6) is 0 Å². The van der Waals surface area contributed by atoms with Gasteiger partial charge in [0.15, 0.2) is 5.66 Å². The Labute approximate surface area is 123 Å². The van der Waals surface area contributed by atoms with Crippen LogP contribution in [0.1, 0.15) is 31.2 Å². The number of halogens is 1. The maximum absolute atomic E-state index is 12.1. The molecular weight excluding hydrogens is 298 g/mol. The Morgan fingerprint density at radius 2 is 1.80 bits per heavy atom. The maximum Gasteiger partial charge on any atom is 0.216 e. The van der Waals surface area contributed by atoms with Crippen LogP contribution >= 0.6 is 11.6 Å². The minimum absolute atomic E-state index is 0.00363. The van der Waals surface area contributed by atoms with Crippen LogP contribution in [-0.2, 0) is 15.8 Å². The van der Waals surface area contributed by atoms with Gasteiger partial charge in [-0.05, 0) is 43.4 Å². The Kier molecular flexibility index (Phi) is 3.56. The Hall–Kier alpha value is -0.980. The number of nitrogens with one attached hydrogen (secondary N) is 1. The molecule has 108 valence electrons. The van der Waals surface area contributed by atoms with Gasteiger partial charge in [-0.25, -0.2) is 13.1 Å². The molecule has 0 radical (unpaired) electrons. The van der Waals surface area contributed by atoms with Crippen LogP contribution in [0.2, 0.25) is 5.02 Å². The van der Waals surface area contributed by atoms with Crippen molar-refractivity contribution in [2.24, 2.45) is 10.2 Å². The molecule has 20 heavy (non-hydrogen) atoms. The summed E-state index contributed by atoms with van der Waals surface area (Å²) >= 11 is 5.79. The molecule has 3 rings (SSSR count). The van der Waals surface area contributed by atoms with Crippen molar-refractivity contribution in [3.05, 3.63) is 34.9 Å². The third-order valence-corrected chi connectivity index (χ3v) is 5.44. The van der Waals surface area contributed by atoms with Crippen molar-refractivity contribution in [3.63, 3.8) is 0 Å². The zero-order valence-electron chi connectivity index (χ0n) is 10.9. The number of rotatable bonds is 4. The number of benzene rings is 1. The van der Waals surface area contributed by atoms with Crippen molar-refractivity contribution >= 4 is 21.6 Å². The number of sulfonamides is 1. The highest BCUT2D eigenvalue weighted by Crippen LogP contribution is 2.42. The van der Waals surface area contributed by atoms with Gasteiger partial charge in [0.2, 0.25) is 10.0 Å². The summed E-state index contributed by atoms with van der Waals surface area (Å²) in [7, 11) is -3.32. The van der Waals surface area contributed by atoms with Gasteiger partial charge in [0.1, 0.15) is 0 Å². The first-order valence-corrected chi connectivity index (χ1v) is 8.68. The molecule has 1 aliphatic heterocycles. The third kappa shape index (κ3) is 3.37. The summed E-state index contributed by atoms with van der Waals surface area (Å²) in [5, 5.41) is 8.68. The van der Waals surface area contributed by atoms with Crippen LogP contribution in [0.25, 0.3) is 0 Å². The third-order valence-electron chi connectivity index (χ3n) is 3.79. The fraction of sp³-hybridized carbons (Fsp3) is 0.538. The van der Waals surface area contributed by atoms with Crippen LogP contribution in [0, 0.1) is 0 Å². The smallest absolute Gasteiger partial charge is 0.212 e. The highest BCUT2D eigenvalue weighted by Gasteiger charge is 2.43. The monoisotopic (exact) mass is 313 g/mol. The summed E-state index contributed by atoms with van der Waals surface area (Å²) < 4.78 is 27.1. The zero-order valence-corrected chi connectivity index (χ0v) is 12.5. The first kappa shape index (κ1) is 14.0. The Morgan fingerprint density at radius 1 is 1.20 bits per heavy atom. The average Bonchev–Trinajstić information content (AvgIpc) is 3.15. The molecule has 1 spiro atoms. The quantitative estimate of drug-likeness (QED) is 0.928. The molecule has 1 aromatic carbocycles. The van der Waals surface area contributed by atoms with E-state index in [0.717, 1.165) is 31.2 Å². The van der Waals surface area contributed by atoms with E-state index in [1.54, 1.807) is 24.3 Å². The van der Waals surface area contributed by atoms with E-state index in [1.807, 2.05) is 0 Å². The normalized spacial score (nSPS) is 21.2. The molecule has 2 aliphatic rings. The van der Waals surface area contributed by atoms with Crippen LogP contribution in [0.3, 0.4) is 0 Å². The molecule has 7 heteroatoms. The van der Waals surface area contributed by atoms with Crippen LogP contribution in [0.15, 0.2) is 34.5 Å². The van der Waals surface area contributed by atoms with E-state index in [2.05, 4.69) is 15.0 Å². The van der Waals surface area contributed by atoms with E-state index in [4.69, 9.17) is 11.6 Å². The average molecular weight is 314 g/mol. The van der Waals surface area contributed by atoms with Gasteiger partial charge in [-0.2, -0.15) is 10.2 Å². The van der Waals surface area contributed by atoms with E-state index in [0.29, 0.717) is 5.02 Å². The second-order valence-corrected chi connectivity index (χ2v) is 7.65. The second-order valence-electron chi connectivity index (χ2n) is 5.46. The molecule has 1 aromatic rings. The molecule has 0 aromatic heterocycles. The van der Waals surface area contributed by atoms with Crippen molar-refractivity contribution in [2.45, 2.75) is 43.1 Å². The van der Waals surface area contributed by atoms with E-state index < -0.39 is 10.0 Å². The molecule has 1 fully saturated rings. The minimum atomic E-state index is -3.32. The molecule has 5 nitrogen and oxygen atoms in total. The van der Waals surface area contributed by atoms with Crippen LogP contribution in [0.4, 0.5) is 0 Å². The summed E-state index contributed by atoms with van der Waals surface area (Å²) in [5.74, 6) is -0.0133. The van der Waals surface area contributed by atoms with E-state index in [9.17, 15) is 8.42 Å². The Balaban J connectivity index is 1.56. The summed E-state index contributed by atoms with van der Waals surface area (Å²) in [6, 6.07) is 6.88. The zero-order chi connectivity index (χ0) is 14.2. The van der Waals surface area contributed by atoms with Gasteiger partial charge in [-0.3, -0.25) is 0 Å². The predicted molar refractivity (Wildman–Crippen MR) is 77.1 cm³/mol. The molecule has 0 unspecified atom stereocenters. The SMILES string of the molecule is O=S(=O)(Cc1ccc(Cl)cc1)NC1CCC2(CC1)N=N2. The lowest BCUT2D eigenvalue weighted by molar-refractivity contribution is 0.341. The summed E-state index contributed by atoms with van der Waals surface area (Å²) in [6.45, 7) is 0. The van der Waals surface area contributed by atoms with E-state index in [1.165, 1.54) is 0 Å². The molecule has 1 N–H and O–H groups in total. The summed E-state index contributed by atoms with van der Waals surface area (Å²) in [6.07, 6.45) is 3.29. The van der Waals surface area contributed by atoms with Crippen molar-refractivity contribution in [2.75, 3.05) is 0 Å². The lowest BCUT2D eigenvalue weighted by Crippen LogP contribution is -2.39.